The van der Waals surface area contributed by atoms with E-state index in [0.717, 1.165) is 0 Å². The molecule has 0 saturated heterocycles. The van der Waals surface area contributed by atoms with E-state index in [9.17, 15) is 4.39 Å². The topological polar surface area (TPSA) is 35.2 Å². The number of hydrogen-bond acceptors (Lipinski definition) is 2. The molecular formula is C8H9ClFNO. The summed E-state index contributed by atoms with van der Waals surface area (Å²) in [7, 11) is 0. The molecule has 0 aliphatic heterocycles. The number of alkyl halides is 1. The van der Waals surface area contributed by atoms with Gasteiger partial charge in [0, 0.05) is 11.8 Å². The molecule has 0 amide bonds. The SMILES string of the molecule is Nc1ccc(Cl)c(OCCF)c1. The molecule has 0 aliphatic rings. The number of nitrogens with two attached hydrogens (primary N) is 1. The molecule has 0 heterocycles. The zero-order chi connectivity index (χ0) is 8.97. The van der Waals surface area contributed by atoms with Crippen molar-refractivity contribution in [1.29, 1.82) is 0 Å². The number of benzene rings is 1. The standard InChI is InChI=1S/C8H9ClFNO/c9-7-2-1-6(11)5-8(7)12-4-3-10/h1-2,5H,3-4,11H2. The van der Waals surface area contributed by atoms with Crippen LogP contribution < -0.4 is 10.5 Å². The first-order chi connectivity index (χ1) is 5.74. The third-order valence-electron chi connectivity index (χ3n) is 1.29. The van der Waals surface area contributed by atoms with Gasteiger partial charge in [-0.2, -0.15) is 0 Å². The molecule has 0 atom stereocenters. The van der Waals surface area contributed by atoms with E-state index in [-0.39, 0.29) is 6.61 Å². The molecule has 0 radical (unpaired) electrons. The lowest BCUT2D eigenvalue weighted by Gasteiger charge is -2.05. The maximum absolute atomic E-state index is 11.7. The maximum atomic E-state index is 11.7. The molecule has 4 heteroatoms. The highest BCUT2D eigenvalue weighted by Gasteiger charge is 2.00. The molecular weight excluding hydrogens is 181 g/mol. The number of nitrogen functional groups attached to an aromatic ring is 1. The van der Waals surface area contributed by atoms with Gasteiger partial charge in [-0.15, -0.1) is 0 Å². The van der Waals surface area contributed by atoms with Crippen molar-refractivity contribution in [3.05, 3.63) is 23.2 Å². The summed E-state index contributed by atoms with van der Waals surface area (Å²) in [6, 6.07) is 4.84. The summed E-state index contributed by atoms with van der Waals surface area (Å²) in [6.45, 7) is -0.533. The van der Waals surface area contributed by atoms with Gasteiger partial charge in [0.05, 0.1) is 5.02 Å². The van der Waals surface area contributed by atoms with E-state index < -0.39 is 6.67 Å². The van der Waals surface area contributed by atoms with Gasteiger partial charge in [-0.25, -0.2) is 4.39 Å². The van der Waals surface area contributed by atoms with E-state index in [1.54, 1.807) is 18.2 Å². The number of halogens is 2. The van der Waals surface area contributed by atoms with E-state index in [2.05, 4.69) is 0 Å². The van der Waals surface area contributed by atoms with Gasteiger partial charge in [0.15, 0.2) is 0 Å². The fourth-order valence-corrected chi connectivity index (χ4v) is 0.951. The van der Waals surface area contributed by atoms with Crippen LogP contribution in [0.4, 0.5) is 10.1 Å². The Labute approximate surface area is 75.1 Å². The lowest BCUT2D eigenvalue weighted by molar-refractivity contribution is 0.273. The molecule has 0 aromatic heterocycles. The highest BCUT2D eigenvalue weighted by Crippen LogP contribution is 2.26. The Balaban J connectivity index is 2.75. The molecule has 1 aromatic rings. The minimum absolute atomic E-state index is 0.00315. The highest BCUT2D eigenvalue weighted by molar-refractivity contribution is 6.32. The summed E-state index contributed by atoms with van der Waals surface area (Å²) in [5.41, 5.74) is 6.02. The van der Waals surface area contributed by atoms with E-state index in [1.165, 1.54) is 0 Å². The second-order valence-corrected chi connectivity index (χ2v) is 2.63. The van der Waals surface area contributed by atoms with Gasteiger partial charge in [0.2, 0.25) is 0 Å². The van der Waals surface area contributed by atoms with E-state index in [1.807, 2.05) is 0 Å². The van der Waals surface area contributed by atoms with Crippen molar-refractivity contribution >= 4 is 17.3 Å². The van der Waals surface area contributed by atoms with Crippen molar-refractivity contribution in [3.63, 3.8) is 0 Å². The van der Waals surface area contributed by atoms with Crippen molar-refractivity contribution in [2.24, 2.45) is 0 Å². The second kappa shape index (κ2) is 4.16. The van der Waals surface area contributed by atoms with Crippen molar-refractivity contribution in [3.8, 4) is 5.75 Å². The van der Waals surface area contributed by atoms with Crippen LogP contribution >= 0.6 is 11.6 Å². The van der Waals surface area contributed by atoms with Crippen LogP contribution in [0.25, 0.3) is 0 Å². The molecule has 1 aromatic carbocycles. The lowest BCUT2D eigenvalue weighted by Crippen LogP contribution is -1.99. The van der Waals surface area contributed by atoms with Crippen molar-refractivity contribution in [2.45, 2.75) is 0 Å². The Morgan fingerprint density at radius 3 is 2.92 bits per heavy atom. The minimum Gasteiger partial charge on any atom is -0.489 e. The first kappa shape index (κ1) is 9.13. The molecule has 2 nitrogen and oxygen atoms in total. The molecule has 0 unspecified atom stereocenters. The molecule has 2 N–H and O–H groups in total. The first-order valence-corrected chi connectivity index (χ1v) is 3.85. The Bertz CT molecular complexity index is 267. The van der Waals surface area contributed by atoms with Gasteiger partial charge in [0.25, 0.3) is 0 Å². The molecule has 12 heavy (non-hydrogen) atoms. The number of rotatable bonds is 3. The summed E-state index contributed by atoms with van der Waals surface area (Å²) in [6.07, 6.45) is 0. The van der Waals surface area contributed by atoms with Gasteiger partial charge in [-0.1, -0.05) is 11.6 Å². The molecule has 0 aliphatic carbocycles. The normalized spacial score (nSPS) is 9.83. The van der Waals surface area contributed by atoms with Gasteiger partial charge >= 0.3 is 0 Å². The monoisotopic (exact) mass is 189 g/mol. The van der Waals surface area contributed by atoms with E-state index >= 15 is 0 Å². The van der Waals surface area contributed by atoms with Crippen LogP contribution in [-0.2, 0) is 0 Å². The summed E-state index contributed by atoms with van der Waals surface area (Å²) in [5.74, 6) is 0.425. The van der Waals surface area contributed by atoms with E-state index in [0.29, 0.717) is 16.5 Å². The van der Waals surface area contributed by atoms with E-state index in [4.69, 9.17) is 22.1 Å². The Kier molecular flexibility index (Phi) is 3.17. The zero-order valence-electron chi connectivity index (χ0n) is 6.39. The molecule has 0 spiro atoms. The van der Waals surface area contributed by atoms with Gasteiger partial charge in [-0.05, 0) is 12.1 Å². The molecule has 0 fully saturated rings. The molecule has 66 valence electrons. The molecule has 0 bridgehead atoms. The second-order valence-electron chi connectivity index (χ2n) is 2.23. The predicted octanol–water partition coefficient (Wildman–Crippen LogP) is 2.27. The smallest absolute Gasteiger partial charge is 0.140 e. The summed E-state index contributed by atoms with van der Waals surface area (Å²) in [4.78, 5) is 0. The minimum atomic E-state index is -0.537. The average Bonchev–Trinajstić information content (AvgIpc) is 2.07. The number of hydrogen-bond donors (Lipinski definition) is 1. The summed E-state index contributed by atoms with van der Waals surface area (Å²) in [5, 5.41) is 0.442. The van der Waals surface area contributed by atoms with Gasteiger partial charge in [0.1, 0.15) is 19.0 Å². The largest absolute Gasteiger partial charge is 0.489 e. The molecule has 1 rings (SSSR count). The predicted molar refractivity (Wildman–Crippen MR) is 47.3 cm³/mol. The fourth-order valence-electron chi connectivity index (χ4n) is 0.779. The van der Waals surface area contributed by atoms with Gasteiger partial charge < -0.3 is 10.5 Å². The van der Waals surface area contributed by atoms with Crippen LogP contribution in [-0.4, -0.2) is 13.3 Å². The van der Waals surface area contributed by atoms with Crippen LogP contribution in [0.1, 0.15) is 0 Å². The summed E-state index contributed by atoms with van der Waals surface area (Å²) < 4.78 is 16.7. The molecule has 0 saturated carbocycles. The fraction of sp³-hybridized carbons (Fsp3) is 0.250. The van der Waals surface area contributed by atoms with Crippen LogP contribution in [0.5, 0.6) is 5.75 Å². The van der Waals surface area contributed by atoms with Crippen molar-refractivity contribution in [1.82, 2.24) is 0 Å². The summed E-state index contributed by atoms with van der Waals surface area (Å²) >= 11 is 5.73. The Morgan fingerprint density at radius 2 is 2.25 bits per heavy atom. The van der Waals surface area contributed by atoms with Crippen LogP contribution in [0, 0.1) is 0 Å². The third kappa shape index (κ3) is 2.27. The first-order valence-electron chi connectivity index (χ1n) is 3.48. The zero-order valence-corrected chi connectivity index (χ0v) is 7.14. The van der Waals surface area contributed by atoms with Crippen LogP contribution in [0.15, 0.2) is 18.2 Å². The quantitative estimate of drug-likeness (QED) is 0.741. The lowest BCUT2D eigenvalue weighted by atomic mass is 10.3. The highest BCUT2D eigenvalue weighted by atomic mass is 35.5. The van der Waals surface area contributed by atoms with Crippen molar-refractivity contribution in [2.75, 3.05) is 19.0 Å². The van der Waals surface area contributed by atoms with Crippen LogP contribution in [0.2, 0.25) is 5.02 Å². The Hall–Kier alpha value is -0.960. The number of ether oxygens (including phenoxy) is 1. The maximum Gasteiger partial charge on any atom is 0.140 e. The average molecular weight is 190 g/mol. The third-order valence-corrected chi connectivity index (χ3v) is 1.60. The van der Waals surface area contributed by atoms with Crippen molar-refractivity contribution < 1.29 is 9.13 Å². The number of anilines is 1. The Morgan fingerprint density at radius 1 is 1.50 bits per heavy atom. The van der Waals surface area contributed by atoms with Crippen LogP contribution in [0.3, 0.4) is 0 Å². The van der Waals surface area contributed by atoms with Gasteiger partial charge in [-0.3, -0.25) is 0 Å².